The van der Waals surface area contributed by atoms with Crippen molar-refractivity contribution in [3.63, 3.8) is 0 Å². The van der Waals surface area contributed by atoms with Gasteiger partial charge in [0, 0.05) is 11.3 Å². The smallest absolute Gasteiger partial charge is 0.119 e. The first-order valence-electron chi connectivity index (χ1n) is 8.00. The molecule has 0 heterocycles. The van der Waals surface area contributed by atoms with E-state index in [1.54, 1.807) is 7.11 Å². The molecule has 2 unspecified atom stereocenters. The summed E-state index contributed by atoms with van der Waals surface area (Å²) in [4.78, 5) is 0. The van der Waals surface area contributed by atoms with E-state index < -0.39 is 0 Å². The Balaban J connectivity index is 2.21. The summed E-state index contributed by atoms with van der Waals surface area (Å²) in [5.74, 6) is 1.30. The number of hydrogen-bond donors (Lipinski definition) is 1. The molecule has 1 aromatic carbocycles. The summed E-state index contributed by atoms with van der Waals surface area (Å²) in [5.41, 5.74) is 4.90. The minimum Gasteiger partial charge on any atom is -0.497 e. The predicted octanol–water partition coefficient (Wildman–Crippen LogP) is 4.23. The predicted molar refractivity (Wildman–Crippen MR) is 84.6 cm³/mol. The van der Waals surface area contributed by atoms with E-state index in [0.717, 1.165) is 30.7 Å². The maximum Gasteiger partial charge on any atom is 0.119 e. The maximum atomic E-state index is 9.66. The van der Waals surface area contributed by atoms with Crippen LogP contribution in [-0.4, -0.2) is 18.0 Å². The lowest BCUT2D eigenvalue weighted by Gasteiger charge is -2.43. The van der Waals surface area contributed by atoms with E-state index in [1.165, 1.54) is 36.0 Å². The van der Waals surface area contributed by atoms with E-state index in [1.807, 2.05) is 0 Å². The third kappa shape index (κ3) is 2.23. The number of nitrogens with zero attached hydrogens (tertiary/aromatic N) is 1. The number of ether oxygens (including phenoxy) is 1. The quantitative estimate of drug-likeness (QED) is 0.620. The van der Waals surface area contributed by atoms with Crippen molar-refractivity contribution in [3.8, 4) is 5.75 Å². The molecule has 21 heavy (non-hydrogen) atoms. The van der Waals surface area contributed by atoms with Gasteiger partial charge in [-0.3, -0.25) is 0 Å². The van der Waals surface area contributed by atoms with Gasteiger partial charge in [0.2, 0.25) is 0 Å². The van der Waals surface area contributed by atoms with Crippen LogP contribution in [0.1, 0.15) is 55.7 Å². The van der Waals surface area contributed by atoms with Gasteiger partial charge in [0.1, 0.15) is 5.75 Å². The van der Waals surface area contributed by atoms with E-state index in [-0.39, 0.29) is 5.41 Å². The lowest BCUT2D eigenvalue weighted by Crippen LogP contribution is -2.44. The lowest BCUT2D eigenvalue weighted by atomic mass is 9.61. The maximum absolute atomic E-state index is 9.66. The Labute approximate surface area is 127 Å². The molecule has 2 aliphatic carbocycles. The zero-order valence-corrected chi connectivity index (χ0v) is 13.3. The molecule has 2 aliphatic rings. The molecular formula is C18H25NO2. The Kier molecular flexibility index (Phi) is 3.68. The highest BCUT2D eigenvalue weighted by atomic mass is 16.5. The third-order valence-electron chi connectivity index (χ3n) is 5.52. The largest absolute Gasteiger partial charge is 0.497 e. The highest BCUT2D eigenvalue weighted by Gasteiger charge is 2.44. The highest BCUT2D eigenvalue weighted by Crippen LogP contribution is 2.46. The summed E-state index contributed by atoms with van der Waals surface area (Å²) in [6.45, 7) is 4.42. The fourth-order valence-corrected chi connectivity index (χ4v) is 4.34. The van der Waals surface area contributed by atoms with E-state index >= 15 is 0 Å². The van der Waals surface area contributed by atoms with Gasteiger partial charge in [-0.2, -0.15) is 0 Å². The average molecular weight is 287 g/mol. The Morgan fingerprint density at radius 3 is 2.81 bits per heavy atom. The molecule has 114 valence electrons. The molecule has 2 bridgehead atoms. The molecule has 0 saturated heterocycles. The molecule has 0 aliphatic heterocycles. The molecular weight excluding hydrogens is 262 g/mol. The summed E-state index contributed by atoms with van der Waals surface area (Å²) < 4.78 is 5.47. The highest BCUT2D eigenvalue weighted by molar-refractivity contribution is 5.98. The van der Waals surface area contributed by atoms with Crippen molar-refractivity contribution in [1.29, 1.82) is 0 Å². The van der Waals surface area contributed by atoms with Crippen LogP contribution in [-0.2, 0) is 11.8 Å². The molecule has 0 aromatic heterocycles. The minimum atomic E-state index is -0.146. The zero-order valence-electron chi connectivity index (χ0n) is 13.3. The standard InChI is InChI=1S/C18H25NO2/c1-12-9-14(21-3)11-16-15(12)10-13-7-5-4-6-8-18(16,2)17(13)19-20/h9,11,13,20H,4-8,10H2,1-3H3/b19-17+. The number of rotatable bonds is 1. The van der Waals surface area contributed by atoms with Crippen molar-refractivity contribution < 1.29 is 9.94 Å². The van der Waals surface area contributed by atoms with E-state index in [4.69, 9.17) is 4.74 Å². The van der Waals surface area contributed by atoms with Crippen LogP contribution < -0.4 is 4.74 Å². The normalized spacial score (nSPS) is 30.4. The van der Waals surface area contributed by atoms with Gasteiger partial charge in [-0.15, -0.1) is 0 Å². The van der Waals surface area contributed by atoms with Crippen LogP contribution in [0.25, 0.3) is 0 Å². The van der Waals surface area contributed by atoms with Gasteiger partial charge in [0.25, 0.3) is 0 Å². The van der Waals surface area contributed by atoms with Gasteiger partial charge in [0.15, 0.2) is 0 Å². The van der Waals surface area contributed by atoms with Crippen LogP contribution in [0.3, 0.4) is 0 Å². The number of aryl methyl sites for hydroxylation is 1. The fourth-order valence-electron chi connectivity index (χ4n) is 4.34. The second-order valence-corrected chi connectivity index (χ2v) is 6.79. The van der Waals surface area contributed by atoms with Gasteiger partial charge in [-0.25, -0.2) is 0 Å². The summed E-state index contributed by atoms with van der Waals surface area (Å²) in [6, 6.07) is 4.29. The van der Waals surface area contributed by atoms with Crippen LogP contribution in [0, 0.1) is 12.8 Å². The first-order valence-corrected chi connectivity index (χ1v) is 8.00. The molecule has 1 saturated carbocycles. The van der Waals surface area contributed by atoms with E-state index in [0.29, 0.717) is 5.92 Å². The number of methoxy groups -OCH3 is 1. The summed E-state index contributed by atoms with van der Waals surface area (Å²) >= 11 is 0. The molecule has 0 spiro atoms. The molecule has 2 atom stereocenters. The first-order chi connectivity index (χ1) is 10.1. The second-order valence-electron chi connectivity index (χ2n) is 6.79. The third-order valence-corrected chi connectivity index (χ3v) is 5.52. The first kappa shape index (κ1) is 14.4. The fraction of sp³-hybridized carbons (Fsp3) is 0.611. The van der Waals surface area contributed by atoms with Crippen molar-refractivity contribution >= 4 is 5.71 Å². The average Bonchev–Trinajstić information content (AvgIpc) is 2.46. The summed E-state index contributed by atoms with van der Waals surface area (Å²) in [7, 11) is 1.72. The molecule has 0 radical (unpaired) electrons. The SMILES string of the molecule is COc1cc(C)c2c(c1)C1(C)CCCCCC(C2)/C1=N\O. The van der Waals surface area contributed by atoms with Gasteiger partial charge in [0.05, 0.1) is 12.8 Å². The van der Waals surface area contributed by atoms with Crippen LogP contribution in [0.2, 0.25) is 0 Å². The van der Waals surface area contributed by atoms with Crippen molar-refractivity contribution in [2.45, 2.75) is 57.8 Å². The topological polar surface area (TPSA) is 41.8 Å². The number of oxime groups is 1. The summed E-state index contributed by atoms with van der Waals surface area (Å²) in [5, 5.41) is 13.4. The second kappa shape index (κ2) is 5.36. The van der Waals surface area contributed by atoms with Gasteiger partial charge >= 0.3 is 0 Å². The minimum absolute atomic E-state index is 0.146. The van der Waals surface area contributed by atoms with Crippen LogP contribution >= 0.6 is 0 Å². The van der Waals surface area contributed by atoms with Crippen LogP contribution in [0.5, 0.6) is 5.75 Å². The van der Waals surface area contributed by atoms with Gasteiger partial charge in [-0.05, 0) is 55.0 Å². The Hall–Kier alpha value is -1.51. The van der Waals surface area contributed by atoms with Crippen molar-refractivity contribution in [2.24, 2.45) is 11.1 Å². The van der Waals surface area contributed by atoms with E-state index in [2.05, 4.69) is 31.1 Å². The molecule has 3 nitrogen and oxygen atoms in total. The van der Waals surface area contributed by atoms with Crippen molar-refractivity contribution in [1.82, 2.24) is 0 Å². The number of fused-ring (bicyclic) bond motifs is 4. The van der Waals surface area contributed by atoms with Crippen LogP contribution in [0.15, 0.2) is 17.3 Å². The number of benzene rings is 1. The molecule has 1 N–H and O–H groups in total. The van der Waals surface area contributed by atoms with E-state index in [9.17, 15) is 5.21 Å². The Bertz CT molecular complexity index is 579. The zero-order chi connectivity index (χ0) is 15.0. The van der Waals surface area contributed by atoms with Crippen molar-refractivity contribution in [2.75, 3.05) is 7.11 Å². The summed E-state index contributed by atoms with van der Waals surface area (Å²) in [6.07, 6.45) is 6.91. The molecule has 1 aromatic rings. The monoisotopic (exact) mass is 287 g/mol. The molecule has 0 amide bonds. The van der Waals surface area contributed by atoms with Gasteiger partial charge in [-0.1, -0.05) is 31.3 Å². The molecule has 1 fully saturated rings. The van der Waals surface area contributed by atoms with Crippen molar-refractivity contribution in [3.05, 3.63) is 28.8 Å². The van der Waals surface area contributed by atoms with Crippen LogP contribution in [0.4, 0.5) is 0 Å². The molecule has 3 heteroatoms. The van der Waals surface area contributed by atoms with Gasteiger partial charge < -0.3 is 9.94 Å². The number of hydrogen-bond acceptors (Lipinski definition) is 3. The Morgan fingerprint density at radius 1 is 1.29 bits per heavy atom. The molecule has 3 rings (SSSR count). The Morgan fingerprint density at radius 2 is 2.10 bits per heavy atom. The lowest BCUT2D eigenvalue weighted by molar-refractivity contribution is 0.296.